The number of hydrogen-bond donors (Lipinski definition) is 1. The van der Waals surface area contributed by atoms with Crippen molar-refractivity contribution < 1.29 is 18.3 Å². The van der Waals surface area contributed by atoms with Gasteiger partial charge in [-0.2, -0.15) is 4.31 Å². The van der Waals surface area contributed by atoms with Gasteiger partial charge in [0.1, 0.15) is 0 Å². The first-order valence-electron chi connectivity index (χ1n) is 6.73. The molecule has 5 nitrogen and oxygen atoms in total. The van der Waals surface area contributed by atoms with E-state index in [-0.39, 0.29) is 18.0 Å². The molecule has 116 valence electrons. The Bertz CT molecular complexity index is 674. The van der Waals surface area contributed by atoms with Gasteiger partial charge in [0, 0.05) is 17.6 Å². The standard InChI is InChI=1S/C14H18BrNO4S/c1-3-14(13(17)18)6-7-16(9-14)21(19,20)12-5-4-10(2)8-11(12)15/h4-5,8H,3,6-7,9H2,1-2H3,(H,17,18). The Labute approximate surface area is 133 Å². The van der Waals surface area contributed by atoms with Gasteiger partial charge in [0.25, 0.3) is 0 Å². The summed E-state index contributed by atoms with van der Waals surface area (Å²) in [5.74, 6) is -0.925. The number of aryl methyl sites for hydroxylation is 1. The molecule has 0 radical (unpaired) electrons. The van der Waals surface area contributed by atoms with E-state index in [1.54, 1.807) is 25.1 Å². The first-order chi connectivity index (χ1) is 9.73. The summed E-state index contributed by atoms with van der Waals surface area (Å²) in [5.41, 5.74) is -0.0137. The lowest BCUT2D eigenvalue weighted by atomic mass is 9.85. The summed E-state index contributed by atoms with van der Waals surface area (Å²) in [6.45, 7) is 3.93. The van der Waals surface area contributed by atoms with Crippen molar-refractivity contribution in [2.24, 2.45) is 5.41 Å². The van der Waals surface area contributed by atoms with Crippen LogP contribution in [0.3, 0.4) is 0 Å². The molecule has 1 N–H and O–H groups in total. The SMILES string of the molecule is CCC1(C(=O)O)CCN(S(=O)(=O)c2ccc(C)cc2Br)C1. The lowest BCUT2D eigenvalue weighted by Gasteiger charge is -2.23. The number of hydrogen-bond acceptors (Lipinski definition) is 3. The Morgan fingerprint density at radius 2 is 2.14 bits per heavy atom. The van der Waals surface area contributed by atoms with Crippen LogP contribution in [-0.2, 0) is 14.8 Å². The van der Waals surface area contributed by atoms with Crippen LogP contribution in [0.2, 0.25) is 0 Å². The van der Waals surface area contributed by atoms with Crippen LogP contribution in [-0.4, -0.2) is 36.9 Å². The third-order valence-corrected chi connectivity index (χ3v) is 6.98. The monoisotopic (exact) mass is 375 g/mol. The van der Waals surface area contributed by atoms with Gasteiger partial charge in [0.05, 0.1) is 10.3 Å². The zero-order valence-electron chi connectivity index (χ0n) is 12.0. The van der Waals surface area contributed by atoms with Crippen molar-refractivity contribution in [3.8, 4) is 0 Å². The highest BCUT2D eigenvalue weighted by Gasteiger charge is 2.47. The summed E-state index contributed by atoms with van der Waals surface area (Å²) in [6, 6.07) is 5.03. The van der Waals surface area contributed by atoms with Gasteiger partial charge in [0.2, 0.25) is 10.0 Å². The Balaban J connectivity index is 2.36. The maximum atomic E-state index is 12.7. The summed E-state index contributed by atoms with van der Waals surface area (Å²) in [7, 11) is -3.68. The minimum atomic E-state index is -3.68. The van der Waals surface area contributed by atoms with Gasteiger partial charge in [-0.1, -0.05) is 13.0 Å². The minimum Gasteiger partial charge on any atom is -0.481 e. The summed E-state index contributed by atoms with van der Waals surface area (Å²) < 4.78 is 27.2. The molecule has 0 spiro atoms. The molecule has 1 fully saturated rings. The smallest absolute Gasteiger partial charge is 0.311 e. The van der Waals surface area contributed by atoms with Crippen LogP contribution < -0.4 is 0 Å². The Morgan fingerprint density at radius 1 is 1.48 bits per heavy atom. The van der Waals surface area contributed by atoms with Crippen molar-refractivity contribution in [2.45, 2.75) is 31.6 Å². The molecule has 0 saturated carbocycles. The summed E-state index contributed by atoms with van der Waals surface area (Å²) >= 11 is 3.28. The molecule has 0 bridgehead atoms. The Hall–Kier alpha value is -0.920. The zero-order valence-corrected chi connectivity index (χ0v) is 14.4. The Kier molecular flexibility index (Phi) is 4.46. The van der Waals surface area contributed by atoms with E-state index < -0.39 is 21.4 Å². The average molecular weight is 376 g/mol. The van der Waals surface area contributed by atoms with E-state index in [2.05, 4.69) is 15.9 Å². The lowest BCUT2D eigenvalue weighted by Crippen LogP contribution is -2.36. The topological polar surface area (TPSA) is 74.7 Å². The van der Waals surface area contributed by atoms with Crippen LogP contribution in [0.15, 0.2) is 27.6 Å². The molecule has 1 atom stereocenters. The average Bonchev–Trinajstić information content (AvgIpc) is 2.84. The molecule has 0 aromatic heterocycles. The van der Waals surface area contributed by atoms with Crippen molar-refractivity contribution >= 4 is 31.9 Å². The maximum Gasteiger partial charge on any atom is 0.311 e. The van der Waals surface area contributed by atoms with Gasteiger partial charge in [-0.15, -0.1) is 0 Å². The number of carboxylic acid groups (broad SMARTS) is 1. The second-order valence-corrected chi connectivity index (χ2v) is 8.22. The number of carboxylic acids is 1. The van der Waals surface area contributed by atoms with Crippen molar-refractivity contribution in [3.63, 3.8) is 0 Å². The molecule has 0 aliphatic carbocycles. The predicted molar refractivity (Wildman–Crippen MR) is 82.6 cm³/mol. The lowest BCUT2D eigenvalue weighted by molar-refractivity contribution is -0.148. The van der Waals surface area contributed by atoms with Gasteiger partial charge >= 0.3 is 5.97 Å². The van der Waals surface area contributed by atoms with E-state index in [0.29, 0.717) is 17.3 Å². The largest absolute Gasteiger partial charge is 0.481 e. The van der Waals surface area contributed by atoms with E-state index in [4.69, 9.17) is 0 Å². The van der Waals surface area contributed by atoms with Crippen LogP contribution in [0.5, 0.6) is 0 Å². The van der Waals surface area contributed by atoms with Crippen molar-refractivity contribution in [2.75, 3.05) is 13.1 Å². The first kappa shape index (κ1) is 16.5. The molecule has 2 rings (SSSR count). The highest BCUT2D eigenvalue weighted by atomic mass is 79.9. The fraction of sp³-hybridized carbons (Fsp3) is 0.500. The van der Waals surface area contributed by atoms with Gasteiger partial charge in [-0.05, 0) is 53.4 Å². The number of aliphatic carboxylic acids is 1. The van der Waals surface area contributed by atoms with Crippen LogP contribution in [0.1, 0.15) is 25.3 Å². The fourth-order valence-corrected chi connectivity index (χ4v) is 5.29. The van der Waals surface area contributed by atoms with Crippen LogP contribution >= 0.6 is 15.9 Å². The van der Waals surface area contributed by atoms with E-state index in [1.807, 2.05) is 6.92 Å². The minimum absolute atomic E-state index is 0.0292. The van der Waals surface area contributed by atoms with Crippen molar-refractivity contribution in [3.05, 3.63) is 28.2 Å². The van der Waals surface area contributed by atoms with E-state index in [0.717, 1.165) is 5.56 Å². The third kappa shape index (κ3) is 2.86. The van der Waals surface area contributed by atoms with Crippen LogP contribution in [0, 0.1) is 12.3 Å². The number of nitrogens with zero attached hydrogens (tertiary/aromatic N) is 1. The summed E-state index contributed by atoms with van der Waals surface area (Å²) in [4.78, 5) is 11.6. The third-order valence-electron chi connectivity index (χ3n) is 4.15. The second-order valence-electron chi connectivity index (χ2n) is 5.46. The van der Waals surface area contributed by atoms with Crippen molar-refractivity contribution in [1.29, 1.82) is 0 Å². The van der Waals surface area contributed by atoms with Crippen LogP contribution in [0.4, 0.5) is 0 Å². The molecule has 1 saturated heterocycles. The van der Waals surface area contributed by atoms with Crippen molar-refractivity contribution in [1.82, 2.24) is 4.31 Å². The molecular formula is C14H18BrNO4S. The molecule has 0 amide bonds. The number of carbonyl (C=O) groups is 1. The predicted octanol–water partition coefficient (Wildman–Crippen LogP) is 2.63. The highest BCUT2D eigenvalue weighted by molar-refractivity contribution is 9.10. The van der Waals surface area contributed by atoms with E-state index in [1.165, 1.54) is 4.31 Å². The molecular weight excluding hydrogens is 358 g/mol. The molecule has 21 heavy (non-hydrogen) atoms. The number of rotatable bonds is 4. The van der Waals surface area contributed by atoms with E-state index >= 15 is 0 Å². The summed E-state index contributed by atoms with van der Waals surface area (Å²) in [5, 5.41) is 9.38. The highest BCUT2D eigenvalue weighted by Crippen LogP contribution is 2.38. The molecule has 1 unspecified atom stereocenters. The van der Waals surface area contributed by atoms with Gasteiger partial charge in [-0.3, -0.25) is 4.79 Å². The van der Waals surface area contributed by atoms with Gasteiger partial charge in [0.15, 0.2) is 0 Å². The maximum absolute atomic E-state index is 12.7. The number of sulfonamides is 1. The molecule has 1 heterocycles. The first-order valence-corrected chi connectivity index (χ1v) is 8.96. The zero-order chi connectivity index (χ0) is 15.8. The quantitative estimate of drug-likeness (QED) is 0.877. The molecule has 7 heteroatoms. The van der Waals surface area contributed by atoms with E-state index in [9.17, 15) is 18.3 Å². The summed E-state index contributed by atoms with van der Waals surface area (Å²) in [6.07, 6.45) is 0.769. The normalized spacial score (nSPS) is 23.4. The molecule has 1 aliphatic heterocycles. The number of benzene rings is 1. The molecule has 1 aliphatic rings. The van der Waals surface area contributed by atoms with Crippen LogP contribution in [0.25, 0.3) is 0 Å². The molecule has 1 aromatic rings. The van der Waals surface area contributed by atoms with Gasteiger partial charge < -0.3 is 5.11 Å². The second kappa shape index (κ2) is 5.70. The number of halogens is 1. The Morgan fingerprint density at radius 3 is 2.62 bits per heavy atom. The fourth-order valence-electron chi connectivity index (χ4n) is 2.61. The molecule has 1 aromatic carbocycles. The van der Waals surface area contributed by atoms with Gasteiger partial charge in [-0.25, -0.2) is 8.42 Å².